The number of aliphatic hydroxyl groups is 1. The van der Waals surface area contributed by atoms with Crippen LogP contribution in [0.15, 0.2) is 97.1 Å². The molecule has 40 heavy (non-hydrogen) atoms. The second-order valence-corrected chi connectivity index (χ2v) is 9.37. The van der Waals surface area contributed by atoms with Gasteiger partial charge in [-0.15, -0.1) is 0 Å². The molecule has 0 aliphatic heterocycles. The minimum Gasteiger partial charge on any atom is -0.497 e. The quantitative estimate of drug-likeness (QED) is 0.168. The first-order chi connectivity index (χ1) is 19.6. The second kappa shape index (κ2) is 14.7. The highest BCUT2D eigenvalue weighted by Gasteiger charge is 2.18. The van der Waals surface area contributed by atoms with Crippen molar-refractivity contribution < 1.29 is 24.1 Å². The van der Waals surface area contributed by atoms with E-state index in [1.807, 2.05) is 72.8 Å². The highest BCUT2D eigenvalue weighted by atomic mass is 16.5. The monoisotopic (exact) mass is 540 g/mol. The predicted octanol–water partition coefficient (Wildman–Crippen LogP) is 5.70. The number of nitrogens with one attached hydrogen (secondary N) is 2. The number of amides is 1. The van der Waals surface area contributed by atoms with Crippen LogP contribution in [0.1, 0.15) is 40.6 Å². The van der Waals surface area contributed by atoms with Gasteiger partial charge in [-0.2, -0.15) is 0 Å². The van der Waals surface area contributed by atoms with Gasteiger partial charge in [0.15, 0.2) is 0 Å². The van der Waals surface area contributed by atoms with Crippen molar-refractivity contribution in [2.45, 2.75) is 25.0 Å². The van der Waals surface area contributed by atoms with E-state index in [1.165, 1.54) is 11.1 Å². The SMILES string of the molecule is COc1ccc(C(CCNC(CO)c2ccc(OCc3ccccc3)c(NC=O)c2)c2ccc(OC)cc2)cc1. The first-order valence-electron chi connectivity index (χ1n) is 13.3. The van der Waals surface area contributed by atoms with Gasteiger partial charge >= 0.3 is 0 Å². The third kappa shape index (κ3) is 7.62. The Morgan fingerprint density at radius 2 is 1.40 bits per heavy atom. The number of carbonyl (C=O) groups excluding carboxylic acids is 1. The largest absolute Gasteiger partial charge is 0.497 e. The molecule has 1 atom stereocenters. The molecule has 0 saturated carbocycles. The van der Waals surface area contributed by atoms with Crippen molar-refractivity contribution in [3.8, 4) is 17.2 Å². The van der Waals surface area contributed by atoms with E-state index in [0.29, 0.717) is 31.0 Å². The maximum atomic E-state index is 11.3. The van der Waals surface area contributed by atoms with Crippen molar-refractivity contribution in [2.75, 3.05) is 32.7 Å². The minimum absolute atomic E-state index is 0.0967. The highest BCUT2D eigenvalue weighted by Crippen LogP contribution is 2.32. The van der Waals surface area contributed by atoms with Gasteiger partial charge in [0.25, 0.3) is 0 Å². The molecule has 0 radical (unpaired) electrons. The molecule has 0 aromatic heterocycles. The van der Waals surface area contributed by atoms with Crippen LogP contribution in [-0.4, -0.2) is 38.9 Å². The maximum absolute atomic E-state index is 11.3. The number of hydrogen-bond donors (Lipinski definition) is 3. The number of benzene rings is 4. The summed E-state index contributed by atoms with van der Waals surface area (Å²) in [6.45, 7) is 0.935. The van der Waals surface area contributed by atoms with Crippen LogP contribution in [0.2, 0.25) is 0 Å². The lowest BCUT2D eigenvalue weighted by Gasteiger charge is -2.22. The average molecular weight is 541 g/mol. The van der Waals surface area contributed by atoms with Crippen molar-refractivity contribution in [3.05, 3.63) is 119 Å². The lowest BCUT2D eigenvalue weighted by Crippen LogP contribution is -2.26. The summed E-state index contributed by atoms with van der Waals surface area (Å²) in [7, 11) is 3.32. The zero-order valence-corrected chi connectivity index (χ0v) is 22.9. The molecule has 4 aromatic rings. The molecule has 0 bridgehead atoms. The Morgan fingerprint density at radius 3 is 1.95 bits per heavy atom. The standard InChI is InChI=1S/C33H36N2O5/c1-38-28-13-8-25(9-14-28)30(26-10-15-29(39-2)16-11-26)18-19-34-32(21-36)27-12-17-33(31(20-27)35-23-37)40-22-24-6-4-3-5-7-24/h3-17,20,23,30,32,34,36H,18-19,21-22H2,1-2H3,(H,35,37). The normalized spacial score (nSPS) is 11.6. The van der Waals surface area contributed by atoms with Gasteiger partial charge < -0.3 is 30.0 Å². The van der Waals surface area contributed by atoms with Crippen LogP contribution in [0, 0.1) is 0 Å². The zero-order chi connectivity index (χ0) is 28.2. The summed E-state index contributed by atoms with van der Waals surface area (Å²) in [5.41, 5.74) is 4.78. The Hall–Kier alpha value is -4.33. The Labute approximate surface area is 235 Å². The number of aliphatic hydroxyl groups excluding tert-OH is 1. The molecule has 0 aliphatic carbocycles. The summed E-state index contributed by atoms with van der Waals surface area (Å²) in [5.74, 6) is 2.32. The number of hydrogen-bond acceptors (Lipinski definition) is 6. The molecule has 7 nitrogen and oxygen atoms in total. The lowest BCUT2D eigenvalue weighted by atomic mass is 9.88. The molecule has 0 spiro atoms. The molecule has 208 valence electrons. The number of carbonyl (C=O) groups is 1. The molecule has 0 aliphatic rings. The summed E-state index contributed by atoms with van der Waals surface area (Å²) in [6, 6.07) is 31.3. The van der Waals surface area contributed by atoms with Crippen molar-refractivity contribution in [2.24, 2.45) is 0 Å². The maximum Gasteiger partial charge on any atom is 0.211 e. The molecule has 1 unspecified atom stereocenters. The van der Waals surface area contributed by atoms with Gasteiger partial charge in [-0.3, -0.25) is 4.79 Å². The van der Waals surface area contributed by atoms with Gasteiger partial charge in [-0.1, -0.05) is 60.7 Å². The first kappa shape index (κ1) is 28.7. The van der Waals surface area contributed by atoms with Crippen molar-refractivity contribution in [3.63, 3.8) is 0 Å². The molecular weight excluding hydrogens is 504 g/mol. The lowest BCUT2D eigenvalue weighted by molar-refractivity contribution is -0.105. The fraction of sp³-hybridized carbons (Fsp3) is 0.242. The van der Waals surface area contributed by atoms with Gasteiger partial charge in [0.1, 0.15) is 23.9 Å². The smallest absolute Gasteiger partial charge is 0.211 e. The summed E-state index contributed by atoms with van der Waals surface area (Å²) in [6.07, 6.45) is 1.43. The second-order valence-electron chi connectivity index (χ2n) is 9.37. The third-order valence-corrected chi connectivity index (χ3v) is 6.90. The first-order valence-corrected chi connectivity index (χ1v) is 13.3. The van der Waals surface area contributed by atoms with Gasteiger partial charge in [0, 0.05) is 5.92 Å². The Bertz CT molecular complexity index is 1280. The van der Waals surface area contributed by atoms with E-state index in [2.05, 4.69) is 34.9 Å². The molecule has 0 fully saturated rings. The highest BCUT2D eigenvalue weighted by molar-refractivity contribution is 5.76. The fourth-order valence-corrected chi connectivity index (χ4v) is 4.69. The van der Waals surface area contributed by atoms with E-state index < -0.39 is 0 Å². The molecule has 4 aromatic carbocycles. The van der Waals surface area contributed by atoms with E-state index in [-0.39, 0.29) is 18.6 Å². The number of anilines is 1. The van der Waals surface area contributed by atoms with Gasteiger partial charge in [0.2, 0.25) is 6.41 Å². The summed E-state index contributed by atoms with van der Waals surface area (Å²) >= 11 is 0. The van der Waals surface area contributed by atoms with E-state index in [9.17, 15) is 9.90 Å². The topological polar surface area (TPSA) is 89.0 Å². The third-order valence-electron chi connectivity index (χ3n) is 6.90. The minimum atomic E-state index is -0.317. The summed E-state index contributed by atoms with van der Waals surface area (Å²) in [4.78, 5) is 11.3. The molecule has 0 saturated heterocycles. The van der Waals surface area contributed by atoms with Crippen LogP contribution in [-0.2, 0) is 11.4 Å². The fourth-order valence-electron chi connectivity index (χ4n) is 4.69. The van der Waals surface area contributed by atoms with Crippen LogP contribution in [0.4, 0.5) is 5.69 Å². The van der Waals surface area contributed by atoms with E-state index in [4.69, 9.17) is 14.2 Å². The van der Waals surface area contributed by atoms with E-state index in [1.54, 1.807) is 14.2 Å². The average Bonchev–Trinajstić information content (AvgIpc) is 3.01. The molecule has 7 heteroatoms. The molecular formula is C33H36N2O5. The number of ether oxygens (including phenoxy) is 3. The zero-order valence-electron chi connectivity index (χ0n) is 22.9. The van der Waals surface area contributed by atoms with Crippen molar-refractivity contribution >= 4 is 12.1 Å². The summed E-state index contributed by atoms with van der Waals surface area (Å²) < 4.78 is 16.6. The van der Waals surface area contributed by atoms with Crippen molar-refractivity contribution in [1.29, 1.82) is 0 Å². The Kier molecular flexibility index (Phi) is 10.6. The Morgan fingerprint density at radius 1 is 0.800 bits per heavy atom. The van der Waals surface area contributed by atoms with Crippen LogP contribution in [0.3, 0.4) is 0 Å². The molecule has 3 N–H and O–H groups in total. The van der Waals surface area contributed by atoms with Crippen molar-refractivity contribution in [1.82, 2.24) is 5.32 Å². The molecule has 1 amide bonds. The van der Waals surface area contributed by atoms with E-state index >= 15 is 0 Å². The predicted molar refractivity (Wildman–Crippen MR) is 157 cm³/mol. The van der Waals surface area contributed by atoms with E-state index in [0.717, 1.165) is 29.0 Å². The molecule has 4 rings (SSSR count). The Balaban J connectivity index is 1.46. The van der Waals surface area contributed by atoms with Gasteiger partial charge in [-0.05, 0) is 71.6 Å². The summed E-state index contributed by atoms with van der Waals surface area (Å²) in [5, 5.41) is 16.4. The van der Waals surface area contributed by atoms with Crippen LogP contribution < -0.4 is 24.8 Å². The number of rotatable bonds is 15. The molecule has 0 heterocycles. The van der Waals surface area contributed by atoms with Gasteiger partial charge in [0.05, 0.1) is 32.6 Å². The van der Waals surface area contributed by atoms with Crippen LogP contribution in [0.5, 0.6) is 17.2 Å². The van der Waals surface area contributed by atoms with Gasteiger partial charge in [-0.25, -0.2) is 0 Å². The van der Waals surface area contributed by atoms with Crippen LogP contribution in [0.25, 0.3) is 0 Å². The van der Waals surface area contributed by atoms with Crippen LogP contribution >= 0.6 is 0 Å². The number of methoxy groups -OCH3 is 2.